The first-order valence-corrected chi connectivity index (χ1v) is 12.0. The van der Waals surface area contributed by atoms with Crippen molar-refractivity contribution in [1.82, 2.24) is 9.78 Å². The van der Waals surface area contributed by atoms with Crippen LogP contribution < -0.4 is 5.56 Å². The number of carboxylic acid groups (broad SMARTS) is 1. The van der Waals surface area contributed by atoms with E-state index in [1.54, 1.807) is 37.3 Å². The Bertz CT molecular complexity index is 1540. The van der Waals surface area contributed by atoms with E-state index in [0.717, 1.165) is 18.5 Å². The number of nitrogens with zero attached hydrogens (tertiary/aromatic N) is 3. The lowest BCUT2D eigenvalue weighted by molar-refractivity contribution is -0.132. The van der Waals surface area contributed by atoms with Crippen molar-refractivity contribution in [2.45, 2.75) is 51.9 Å². The summed E-state index contributed by atoms with van der Waals surface area (Å²) in [6.07, 6.45) is 6.51. The Morgan fingerprint density at radius 1 is 1.14 bits per heavy atom. The average molecular weight is 485 g/mol. The fraction of sp³-hybridized carbons (Fsp3) is 0.286. The first kappa shape index (κ1) is 23.5. The van der Waals surface area contributed by atoms with Crippen LogP contribution >= 0.6 is 0 Å². The lowest BCUT2D eigenvalue weighted by Gasteiger charge is -2.19. The maximum absolute atomic E-state index is 13.2. The Morgan fingerprint density at radius 2 is 1.94 bits per heavy atom. The Hall–Kier alpha value is -4.20. The largest absolute Gasteiger partial charge is 0.505 e. The number of aliphatic carboxylic acids is 1. The van der Waals surface area contributed by atoms with Gasteiger partial charge in [0.2, 0.25) is 0 Å². The number of H-pyrrole nitrogens is 1. The third-order valence-corrected chi connectivity index (χ3v) is 7.11. The molecular formula is C28H28N4O4. The SMILES string of the molecule is Cc1[nH]n(-c2ccc3c(c2)C(C)(C)CC3)c(=O)c1N=Nc1cccc(C2=CC(C(=O)O)=CCC2)c1O. The van der Waals surface area contributed by atoms with Crippen LogP contribution in [0.15, 0.2) is 69.1 Å². The summed E-state index contributed by atoms with van der Waals surface area (Å²) in [6, 6.07) is 11.1. The van der Waals surface area contributed by atoms with E-state index in [9.17, 15) is 19.8 Å². The van der Waals surface area contributed by atoms with Crippen molar-refractivity contribution in [2.75, 3.05) is 0 Å². The van der Waals surface area contributed by atoms with Crippen LogP contribution in [0, 0.1) is 6.92 Å². The maximum Gasteiger partial charge on any atom is 0.335 e. The minimum absolute atomic E-state index is 0.0659. The number of allylic oxidation sites excluding steroid dienone is 2. The second-order valence-electron chi connectivity index (χ2n) is 10.00. The molecule has 2 aliphatic carbocycles. The predicted molar refractivity (Wildman–Crippen MR) is 138 cm³/mol. The number of nitrogens with one attached hydrogen (secondary N) is 1. The Kier molecular flexibility index (Phi) is 5.74. The van der Waals surface area contributed by atoms with E-state index in [0.29, 0.717) is 29.7 Å². The van der Waals surface area contributed by atoms with Crippen LogP contribution in [0.25, 0.3) is 11.3 Å². The summed E-state index contributed by atoms with van der Waals surface area (Å²) >= 11 is 0. The molecule has 8 heteroatoms. The number of azo groups is 1. The molecule has 0 saturated heterocycles. The van der Waals surface area contributed by atoms with Crippen LogP contribution in [0.1, 0.15) is 55.5 Å². The van der Waals surface area contributed by atoms with Gasteiger partial charge in [-0.15, -0.1) is 10.2 Å². The number of benzene rings is 2. The molecule has 0 saturated carbocycles. The number of rotatable bonds is 5. The maximum atomic E-state index is 13.2. The lowest BCUT2D eigenvalue weighted by atomic mass is 9.86. The topological polar surface area (TPSA) is 120 Å². The van der Waals surface area contributed by atoms with Gasteiger partial charge >= 0.3 is 5.97 Å². The van der Waals surface area contributed by atoms with Gasteiger partial charge in [0, 0.05) is 5.56 Å². The van der Waals surface area contributed by atoms with Gasteiger partial charge < -0.3 is 10.2 Å². The second-order valence-corrected chi connectivity index (χ2v) is 10.00. The zero-order chi connectivity index (χ0) is 25.6. The van der Waals surface area contributed by atoms with Crippen LogP contribution in [0.3, 0.4) is 0 Å². The molecule has 2 aliphatic rings. The molecule has 8 nitrogen and oxygen atoms in total. The summed E-state index contributed by atoms with van der Waals surface area (Å²) in [4.78, 5) is 24.6. The number of carboxylic acids is 1. The zero-order valence-electron chi connectivity index (χ0n) is 20.5. The van der Waals surface area contributed by atoms with Crippen molar-refractivity contribution in [2.24, 2.45) is 10.2 Å². The molecule has 5 rings (SSSR count). The molecular weight excluding hydrogens is 456 g/mol. The highest BCUT2D eigenvalue weighted by Crippen LogP contribution is 2.40. The van der Waals surface area contributed by atoms with E-state index in [1.807, 2.05) is 6.07 Å². The number of aromatic hydroxyl groups is 1. The van der Waals surface area contributed by atoms with Gasteiger partial charge in [-0.1, -0.05) is 38.1 Å². The van der Waals surface area contributed by atoms with Gasteiger partial charge in [0.1, 0.15) is 5.69 Å². The Balaban J connectivity index is 1.48. The monoisotopic (exact) mass is 484 g/mol. The minimum Gasteiger partial charge on any atom is -0.505 e. The highest BCUT2D eigenvalue weighted by Gasteiger charge is 2.30. The molecule has 0 bridgehead atoms. The molecule has 0 atom stereocenters. The van der Waals surface area contributed by atoms with Gasteiger partial charge in [-0.05, 0) is 79.0 Å². The number of fused-ring (bicyclic) bond motifs is 1. The molecule has 184 valence electrons. The molecule has 0 spiro atoms. The number of aromatic amines is 1. The van der Waals surface area contributed by atoms with Crippen LogP contribution in [-0.2, 0) is 16.6 Å². The molecule has 0 amide bonds. The summed E-state index contributed by atoms with van der Waals surface area (Å²) in [7, 11) is 0. The number of aromatic nitrogens is 2. The summed E-state index contributed by atoms with van der Waals surface area (Å²) in [6.45, 7) is 6.19. The molecule has 3 N–H and O–H groups in total. The number of para-hydroxylation sites is 1. The third-order valence-electron chi connectivity index (χ3n) is 7.11. The zero-order valence-corrected chi connectivity index (χ0v) is 20.5. The number of hydrogen-bond donors (Lipinski definition) is 3. The van der Waals surface area contributed by atoms with Gasteiger partial charge in [0.05, 0.1) is 17.0 Å². The van der Waals surface area contributed by atoms with E-state index in [2.05, 4.69) is 41.3 Å². The Morgan fingerprint density at radius 3 is 2.72 bits per heavy atom. The third kappa shape index (κ3) is 4.08. The molecule has 1 aromatic heterocycles. The fourth-order valence-corrected chi connectivity index (χ4v) is 5.01. The predicted octanol–water partition coefficient (Wildman–Crippen LogP) is 6.01. The molecule has 0 unspecified atom stereocenters. The van der Waals surface area contributed by atoms with Gasteiger partial charge in [0.25, 0.3) is 5.56 Å². The average Bonchev–Trinajstić information content (AvgIpc) is 3.32. The van der Waals surface area contributed by atoms with Crippen LogP contribution in [-0.4, -0.2) is 26.0 Å². The number of phenols is 1. The van der Waals surface area contributed by atoms with Crippen LogP contribution in [0.2, 0.25) is 0 Å². The van der Waals surface area contributed by atoms with Gasteiger partial charge in [-0.2, -0.15) is 0 Å². The molecule has 0 radical (unpaired) electrons. The number of hydrogen-bond acceptors (Lipinski definition) is 5. The number of aryl methyl sites for hydroxylation is 2. The smallest absolute Gasteiger partial charge is 0.335 e. The number of carbonyl (C=O) groups is 1. The van der Waals surface area contributed by atoms with Crippen molar-refractivity contribution in [3.05, 3.63) is 86.9 Å². The van der Waals surface area contributed by atoms with Crippen molar-refractivity contribution in [3.63, 3.8) is 0 Å². The normalized spacial score (nSPS) is 16.6. The second kappa shape index (κ2) is 8.78. The molecule has 2 aromatic carbocycles. The molecule has 3 aromatic rings. The fourth-order valence-electron chi connectivity index (χ4n) is 5.01. The van der Waals surface area contributed by atoms with Crippen LogP contribution in [0.5, 0.6) is 5.75 Å². The van der Waals surface area contributed by atoms with E-state index in [1.165, 1.54) is 15.8 Å². The highest BCUT2D eigenvalue weighted by atomic mass is 16.4. The first-order chi connectivity index (χ1) is 17.2. The molecule has 36 heavy (non-hydrogen) atoms. The van der Waals surface area contributed by atoms with Crippen molar-refractivity contribution < 1.29 is 15.0 Å². The van der Waals surface area contributed by atoms with Crippen molar-refractivity contribution in [3.8, 4) is 11.4 Å². The summed E-state index contributed by atoms with van der Waals surface area (Å²) in [5.74, 6) is -1.11. The quantitative estimate of drug-likeness (QED) is 0.384. The van der Waals surface area contributed by atoms with Gasteiger partial charge in [-0.25, -0.2) is 9.48 Å². The molecule has 0 aliphatic heterocycles. The van der Waals surface area contributed by atoms with E-state index >= 15 is 0 Å². The van der Waals surface area contributed by atoms with E-state index in [-0.39, 0.29) is 33.7 Å². The number of phenolic OH excluding ortho intramolecular Hbond substituents is 1. The lowest BCUT2D eigenvalue weighted by Crippen LogP contribution is -2.16. The van der Waals surface area contributed by atoms with Crippen molar-refractivity contribution >= 4 is 22.9 Å². The standard InChI is InChI=1S/C28H28N4O4/c1-16-24(26(34)32(31-16)20-11-10-17-12-13-28(2,3)22(17)15-20)30-29-23-9-5-8-21(25(23)33)18-6-4-7-19(14-18)27(35)36/h5,7-11,14-15,31,33H,4,6,12-13H2,1-3H3,(H,35,36). The van der Waals surface area contributed by atoms with Gasteiger partial charge in [-0.3, -0.25) is 9.89 Å². The molecule has 0 fully saturated rings. The van der Waals surface area contributed by atoms with Crippen LogP contribution in [0.4, 0.5) is 11.4 Å². The summed E-state index contributed by atoms with van der Waals surface area (Å²) in [5, 5.41) is 31.6. The molecule has 1 heterocycles. The summed E-state index contributed by atoms with van der Waals surface area (Å²) < 4.78 is 1.47. The van der Waals surface area contributed by atoms with Crippen molar-refractivity contribution in [1.29, 1.82) is 0 Å². The first-order valence-electron chi connectivity index (χ1n) is 12.0. The van der Waals surface area contributed by atoms with E-state index < -0.39 is 5.97 Å². The highest BCUT2D eigenvalue weighted by molar-refractivity contribution is 5.94. The van der Waals surface area contributed by atoms with E-state index in [4.69, 9.17) is 0 Å². The summed E-state index contributed by atoms with van der Waals surface area (Å²) in [5.41, 5.74) is 5.38. The van der Waals surface area contributed by atoms with Gasteiger partial charge in [0.15, 0.2) is 11.4 Å². The minimum atomic E-state index is -1.01. The Labute approximate surface area is 208 Å².